The van der Waals surface area contributed by atoms with E-state index >= 15 is 0 Å². The van der Waals surface area contributed by atoms with Crippen molar-refractivity contribution in [3.05, 3.63) is 0 Å². The summed E-state index contributed by atoms with van der Waals surface area (Å²) in [4.78, 5) is 0. The lowest BCUT2D eigenvalue weighted by molar-refractivity contribution is -0.0338. The Hall–Kier alpha value is 0.177. The molecule has 0 aliphatic heterocycles. The highest BCUT2D eigenvalue weighted by molar-refractivity contribution is 5.98. The average Bonchev–Trinajstić information content (AvgIpc) is 1.90. The van der Waals surface area contributed by atoms with Gasteiger partial charge in [0.15, 0.2) is 0 Å². The highest BCUT2D eigenvalue weighted by atomic mass is 28.2. The van der Waals surface area contributed by atoms with Gasteiger partial charge in [-0.05, 0) is 18.3 Å². The Balaban J connectivity index is 4.54. The van der Waals surface area contributed by atoms with Crippen LogP contribution in [0.5, 0.6) is 0 Å². The van der Waals surface area contributed by atoms with Gasteiger partial charge in [0.25, 0.3) is 0 Å². The topological polar surface area (TPSA) is 9.23 Å². The molecule has 0 aromatic carbocycles. The molecule has 0 saturated carbocycles. The van der Waals surface area contributed by atoms with Crippen LogP contribution in [-0.4, -0.2) is 16.1 Å². The molecule has 0 aromatic rings. The monoisotopic (exact) mass is 174 g/mol. The van der Waals surface area contributed by atoms with Gasteiger partial charge in [0.2, 0.25) is 0 Å². The van der Waals surface area contributed by atoms with Crippen molar-refractivity contribution in [2.45, 2.75) is 53.1 Å². The average molecular weight is 174 g/mol. The van der Waals surface area contributed by atoms with E-state index in [2.05, 4.69) is 34.6 Å². The molecule has 0 heterocycles. The maximum absolute atomic E-state index is 5.74. The molecule has 0 amide bonds. The van der Waals surface area contributed by atoms with E-state index in [-0.39, 0.29) is 11.0 Å². The summed E-state index contributed by atoms with van der Waals surface area (Å²) in [5, 5.41) is 0. The van der Waals surface area contributed by atoms with Gasteiger partial charge in [-0.1, -0.05) is 34.6 Å². The van der Waals surface area contributed by atoms with Crippen LogP contribution in [0.4, 0.5) is 0 Å². The Morgan fingerprint density at radius 1 is 1.09 bits per heavy atom. The van der Waals surface area contributed by atoms with Gasteiger partial charge in [-0.15, -0.1) is 0 Å². The lowest BCUT2D eigenvalue weighted by Crippen LogP contribution is -2.43. The van der Waals surface area contributed by atoms with Crippen LogP contribution in [0.25, 0.3) is 0 Å². The van der Waals surface area contributed by atoms with Gasteiger partial charge in [0, 0.05) is 0 Å². The molecule has 68 valence electrons. The van der Waals surface area contributed by atoms with Crippen LogP contribution < -0.4 is 0 Å². The molecule has 0 saturated heterocycles. The smallest absolute Gasteiger partial charge is 0.146 e. The van der Waals surface area contributed by atoms with Crippen molar-refractivity contribution in [1.29, 1.82) is 0 Å². The van der Waals surface area contributed by atoms with Gasteiger partial charge in [-0.2, -0.15) is 0 Å². The molecule has 2 heteroatoms. The SMILES string of the molecule is CCC(CC)(O[SiH3])C(C)(C)C. The van der Waals surface area contributed by atoms with E-state index in [0.717, 1.165) is 23.3 Å². The maximum Gasteiger partial charge on any atom is 0.146 e. The quantitative estimate of drug-likeness (QED) is 0.594. The second-order valence-corrected chi connectivity index (χ2v) is 4.56. The van der Waals surface area contributed by atoms with E-state index in [4.69, 9.17) is 4.43 Å². The molecule has 0 N–H and O–H groups in total. The highest BCUT2D eigenvalue weighted by Gasteiger charge is 2.37. The van der Waals surface area contributed by atoms with Crippen LogP contribution in [0.1, 0.15) is 47.5 Å². The summed E-state index contributed by atoms with van der Waals surface area (Å²) in [5.41, 5.74) is 0.400. The first-order valence-corrected chi connectivity index (χ1v) is 5.30. The van der Waals surface area contributed by atoms with Crippen molar-refractivity contribution < 1.29 is 4.43 Å². The molecule has 0 radical (unpaired) electrons. The largest absolute Gasteiger partial charge is 0.422 e. The minimum Gasteiger partial charge on any atom is -0.422 e. The molecule has 0 aromatic heterocycles. The number of hydrogen-bond acceptors (Lipinski definition) is 1. The Morgan fingerprint density at radius 2 is 1.45 bits per heavy atom. The zero-order valence-corrected chi connectivity index (χ0v) is 10.8. The first kappa shape index (κ1) is 11.2. The molecule has 0 bridgehead atoms. The minimum absolute atomic E-state index is 0.124. The van der Waals surface area contributed by atoms with Crippen LogP contribution >= 0.6 is 0 Å². The van der Waals surface area contributed by atoms with Crippen LogP contribution in [-0.2, 0) is 4.43 Å². The number of hydrogen-bond donors (Lipinski definition) is 0. The van der Waals surface area contributed by atoms with E-state index in [1.165, 1.54) is 0 Å². The Bertz CT molecular complexity index is 103. The summed E-state index contributed by atoms with van der Waals surface area (Å²) in [5.74, 6) is 0. The van der Waals surface area contributed by atoms with Crippen molar-refractivity contribution >= 4 is 10.5 Å². The molecule has 0 atom stereocenters. The molecule has 11 heavy (non-hydrogen) atoms. The first-order valence-electron chi connectivity index (χ1n) is 4.48. The normalized spacial score (nSPS) is 13.9. The Kier molecular flexibility index (Phi) is 3.78. The van der Waals surface area contributed by atoms with Gasteiger partial charge in [0.1, 0.15) is 10.5 Å². The van der Waals surface area contributed by atoms with Crippen molar-refractivity contribution in [3.8, 4) is 0 Å². The van der Waals surface area contributed by atoms with Crippen LogP contribution in [0, 0.1) is 5.41 Å². The Labute approximate surface area is 74.1 Å². The Morgan fingerprint density at radius 3 is 1.45 bits per heavy atom. The van der Waals surface area contributed by atoms with Gasteiger partial charge >= 0.3 is 0 Å². The second-order valence-electron chi connectivity index (χ2n) is 4.16. The van der Waals surface area contributed by atoms with Gasteiger partial charge < -0.3 is 4.43 Å². The molecular formula is C9H22OSi. The van der Waals surface area contributed by atoms with Gasteiger partial charge in [-0.3, -0.25) is 0 Å². The van der Waals surface area contributed by atoms with Crippen molar-refractivity contribution in [1.82, 2.24) is 0 Å². The molecule has 0 unspecified atom stereocenters. The molecule has 0 aliphatic carbocycles. The third-order valence-corrected chi connectivity index (χ3v) is 3.68. The van der Waals surface area contributed by atoms with E-state index in [1.54, 1.807) is 0 Å². The van der Waals surface area contributed by atoms with Crippen LogP contribution in [0.15, 0.2) is 0 Å². The highest BCUT2D eigenvalue weighted by Crippen LogP contribution is 2.38. The summed E-state index contributed by atoms with van der Waals surface area (Å²) in [6.45, 7) is 11.2. The number of rotatable bonds is 3. The van der Waals surface area contributed by atoms with Gasteiger partial charge in [-0.25, -0.2) is 0 Å². The zero-order chi connectivity index (χ0) is 9.12. The second kappa shape index (κ2) is 3.72. The molecular weight excluding hydrogens is 152 g/mol. The minimum atomic E-state index is 0.124. The first-order chi connectivity index (χ1) is 4.93. The summed E-state index contributed by atoms with van der Waals surface area (Å²) >= 11 is 0. The third-order valence-electron chi connectivity index (χ3n) is 2.90. The van der Waals surface area contributed by atoms with Crippen molar-refractivity contribution in [2.24, 2.45) is 5.41 Å². The molecule has 0 fully saturated rings. The lowest BCUT2D eigenvalue weighted by Gasteiger charge is -2.43. The predicted molar refractivity (Wildman–Crippen MR) is 53.8 cm³/mol. The lowest BCUT2D eigenvalue weighted by atomic mass is 9.73. The van der Waals surface area contributed by atoms with E-state index in [0.29, 0.717) is 0 Å². The van der Waals surface area contributed by atoms with E-state index in [1.807, 2.05) is 0 Å². The summed E-state index contributed by atoms with van der Waals surface area (Å²) < 4.78 is 5.74. The van der Waals surface area contributed by atoms with Crippen LogP contribution in [0.3, 0.4) is 0 Å². The molecule has 1 nitrogen and oxygen atoms in total. The summed E-state index contributed by atoms with van der Waals surface area (Å²) in [7, 11) is 0.846. The molecule has 0 spiro atoms. The maximum atomic E-state index is 5.74. The molecule has 0 aliphatic rings. The van der Waals surface area contributed by atoms with Crippen LogP contribution in [0.2, 0.25) is 0 Å². The fourth-order valence-corrected chi connectivity index (χ4v) is 3.10. The predicted octanol–water partition coefficient (Wildman–Crippen LogP) is 1.89. The van der Waals surface area contributed by atoms with Crippen molar-refractivity contribution in [2.75, 3.05) is 0 Å². The summed E-state index contributed by atoms with van der Waals surface area (Å²) in [6.07, 6.45) is 2.24. The van der Waals surface area contributed by atoms with E-state index < -0.39 is 0 Å². The van der Waals surface area contributed by atoms with Crippen molar-refractivity contribution in [3.63, 3.8) is 0 Å². The van der Waals surface area contributed by atoms with Gasteiger partial charge in [0.05, 0.1) is 5.60 Å². The summed E-state index contributed by atoms with van der Waals surface area (Å²) in [6, 6.07) is 0. The standard InChI is InChI=1S/C9H22OSi/c1-6-9(7-2,10-11)8(3,4)5/h6-7H2,1-5,11H3. The fraction of sp³-hybridized carbons (Fsp3) is 1.00. The third kappa shape index (κ3) is 2.06. The zero-order valence-electron chi connectivity index (χ0n) is 8.82. The van der Waals surface area contributed by atoms with E-state index in [9.17, 15) is 0 Å². The fourth-order valence-electron chi connectivity index (χ4n) is 1.91. The molecule has 0 rings (SSSR count).